The predicted octanol–water partition coefficient (Wildman–Crippen LogP) is 6.01. The van der Waals surface area contributed by atoms with Gasteiger partial charge in [-0.3, -0.25) is 4.79 Å². The van der Waals surface area contributed by atoms with Crippen molar-refractivity contribution in [1.82, 2.24) is 0 Å². The van der Waals surface area contributed by atoms with E-state index in [0.717, 1.165) is 6.92 Å². The zero-order valence-electron chi connectivity index (χ0n) is 13.2. The Morgan fingerprint density at radius 3 is 0.633 bits per heavy atom. The van der Waals surface area contributed by atoms with E-state index in [2.05, 4.69) is 0 Å². The number of hydrogen-bond donors (Lipinski definition) is 1. The number of carbonyl (C=O) groups is 1. The molecule has 0 aliphatic rings. The molecule has 0 aromatic heterocycles. The first-order valence-electron chi connectivity index (χ1n) is 6.08. The van der Waals surface area contributed by atoms with Gasteiger partial charge in [0, 0.05) is 6.92 Å². The molecule has 30 heavy (non-hydrogen) atoms. The number of rotatable bonds is 5. The van der Waals surface area contributed by atoms with Crippen LogP contribution in [0.2, 0.25) is 0 Å². The minimum Gasteiger partial charge on any atom is -0.481 e. The van der Waals surface area contributed by atoms with Crippen molar-refractivity contribution in [3.05, 3.63) is 0 Å². The van der Waals surface area contributed by atoms with Crippen molar-refractivity contribution in [2.45, 2.75) is 54.8 Å². The van der Waals surface area contributed by atoms with Crippen molar-refractivity contribution < 1.29 is 88.9 Å². The molecule has 0 spiro atoms. The van der Waals surface area contributed by atoms with Crippen molar-refractivity contribution in [2.75, 3.05) is 0 Å². The summed E-state index contributed by atoms with van der Waals surface area (Å²) in [5, 5.41) is 7.42. The molecule has 2 nitrogen and oxygen atoms in total. The molecule has 0 unspecified atom stereocenters. The monoisotopic (exact) mass is 498 g/mol. The van der Waals surface area contributed by atoms with Crippen LogP contribution >= 0.6 is 0 Å². The molecule has 0 aliphatic carbocycles. The molecular formula is C10H4F18O2. The van der Waals surface area contributed by atoms with E-state index in [1.165, 1.54) is 0 Å². The van der Waals surface area contributed by atoms with Gasteiger partial charge in [-0.25, -0.2) is 0 Å². The van der Waals surface area contributed by atoms with E-state index < -0.39 is 53.9 Å². The fourth-order valence-electron chi connectivity index (χ4n) is 1.14. The Morgan fingerprint density at radius 2 is 0.533 bits per heavy atom. The van der Waals surface area contributed by atoms with Crippen LogP contribution in [0.15, 0.2) is 0 Å². The highest BCUT2D eigenvalue weighted by Gasteiger charge is 2.95. The van der Waals surface area contributed by atoms with Crippen molar-refractivity contribution in [3.63, 3.8) is 0 Å². The standard InChI is InChI=1S/C8F18.C2H4O2/c9-1(10,3(13,14)5(17,18)7(21,22)23)2(11,12)4(15,16)6(19,20)8(24,25)26;1-2(3)4/h;1H3,(H,3,4). The molecule has 0 radical (unpaired) electrons. The second-order valence-electron chi connectivity index (χ2n) is 4.96. The van der Waals surface area contributed by atoms with Crippen molar-refractivity contribution in [3.8, 4) is 0 Å². The lowest BCUT2D eigenvalue weighted by atomic mass is 9.91. The SMILES string of the molecule is CC(=O)O.FC(F)(F)C(F)(F)C(F)(F)C(F)(F)C(F)(F)C(F)(F)C(F)(F)C(F)(F)F. The molecule has 20 heteroatoms. The molecule has 0 amide bonds. The summed E-state index contributed by atoms with van der Waals surface area (Å²) in [5.41, 5.74) is 0. The van der Waals surface area contributed by atoms with Crippen LogP contribution in [0.1, 0.15) is 6.92 Å². The number of hydrogen-bond acceptors (Lipinski definition) is 1. The molecule has 0 rings (SSSR count). The van der Waals surface area contributed by atoms with Gasteiger partial charge in [0.05, 0.1) is 0 Å². The summed E-state index contributed by atoms with van der Waals surface area (Å²) in [6.45, 7) is 1.08. The summed E-state index contributed by atoms with van der Waals surface area (Å²) in [4.78, 5) is 9.00. The minimum atomic E-state index is -8.72. The molecule has 0 saturated carbocycles. The Kier molecular flexibility index (Phi) is 7.82. The van der Waals surface area contributed by atoms with Crippen molar-refractivity contribution >= 4 is 5.97 Å². The summed E-state index contributed by atoms with van der Waals surface area (Å²) in [7, 11) is 0. The van der Waals surface area contributed by atoms with E-state index in [0.29, 0.717) is 0 Å². The molecular weight excluding hydrogens is 494 g/mol. The molecule has 0 atom stereocenters. The number of halogens is 18. The normalized spacial score (nSPS) is 15.4. The molecule has 0 aromatic rings. The van der Waals surface area contributed by atoms with Gasteiger partial charge in [0.15, 0.2) is 0 Å². The topological polar surface area (TPSA) is 37.3 Å². The van der Waals surface area contributed by atoms with Gasteiger partial charge in [-0.05, 0) is 0 Å². The Hall–Kier alpha value is -1.79. The molecule has 182 valence electrons. The maximum atomic E-state index is 12.8. The average Bonchev–Trinajstić information content (AvgIpc) is 2.42. The highest BCUT2D eigenvalue weighted by atomic mass is 19.4. The number of aliphatic carboxylic acids is 1. The predicted molar refractivity (Wildman–Crippen MR) is 55.1 cm³/mol. The first-order valence-corrected chi connectivity index (χ1v) is 6.08. The number of alkyl halides is 18. The lowest BCUT2D eigenvalue weighted by Crippen LogP contribution is -2.74. The number of carboxylic acids is 1. The molecule has 0 bridgehead atoms. The lowest BCUT2D eigenvalue weighted by Gasteiger charge is -2.41. The maximum Gasteiger partial charge on any atom is 0.460 e. The summed E-state index contributed by atoms with van der Waals surface area (Å²) in [6, 6.07) is 0. The Labute approximate surface area is 151 Å². The van der Waals surface area contributed by atoms with Crippen molar-refractivity contribution in [2.24, 2.45) is 0 Å². The highest BCUT2D eigenvalue weighted by molar-refractivity contribution is 5.62. The van der Waals surface area contributed by atoms with Crippen LogP contribution in [0.5, 0.6) is 0 Å². The fourth-order valence-corrected chi connectivity index (χ4v) is 1.14. The van der Waals surface area contributed by atoms with Crippen LogP contribution in [-0.4, -0.2) is 59.0 Å². The summed E-state index contributed by atoms with van der Waals surface area (Å²) >= 11 is 0. The third kappa shape index (κ3) is 4.45. The van der Waals surface area contributed by atoms with Crippen LogP contribution in [0.3, 0.4) is 0 Å². The van der Waals surface area contributed by atoms with Gasteiger partial charge in [0.2, 0.25) is 0 Å². The summed E-state index contributed by atoms with van der Waals surface area (Å²) in [5.74, 6) is -51.9. The first-order chi connectivity index (χ1) is 12.5. The molecule has 0 aliphatic heterocycles. The number of carboxylic acid groups (broad SMARTS) is 1. The van der Waals surface area contributed by atoms with Gasteiger partial charge in [0.1, 0.15) is 0 Å². The third-order valence-electron chi connectivity index (χ3n) is 2.68. The minimum absolute atomic E-state index is 0.833. The quantitative estimate of drug-likeness (QED) is 0.472. The fraction of sp³-hybridized carbons (Fsp3) is 0.900. The average molecular weight is 498 g/mol. The Morgan fingerprint density at radius 1 is 0.433 bits per heavy atom. The van der Waals surface area contributed by atoms with Gasteiger partial charge in [-0.1, -0.05) is 0 Å². The molecule has 0 fully saturated rings. The van der Waals surface area contributed by atoms with Gasteiger partial charge in [0.25, 0.3) is 5.97 Å². The van der Waals surface area contributed by atoms with Crippen molar-refractivity contribution in [1.29, 1.82) is 0 Å². The Balaban J connectivity index is 0. The van der Waals surface area contributed by atoms with E-state index in [1.807, 2.05) is 0 Å². The largest absolute Gasteiger partial charge is 0.481 e. The zero-order valence-corrected chi connectivity index (χ0v) is 13.2. The lowest BCUT2D eigenvalue weighted by molar-refractivity contribution is -0.468. The smallest absolute Gasteiger partial charge is 0.460 e. The van der Waals surface area contributed by atoms with Crippen LogP contribution in [0.25, 0.3) is 0 Å². The van der Waals surface area contributed by atoms with Gasteiger partial charge in [-0.15, -0.1) is 0 Å². The van der Waals surface area contributed by atoms with E-state index in [1.54, 1.807) is 0 Å². The maximum absolute atomic E-state index is 12.8. The van der Waals surface area contributed by atoms with E-state index in [-0.39, 0.29) is 0 Å². The van der Waals surface area contributed by atoms with Gasteiger partial charge >= 0.3 is 47.9 Å². The van der Waals surface area contributed by atoms with Crippen LogP contribution < -0.4 is 0 Å². The van der Waals surface area contributed by atoms with Gasteiger partial charge < -0.3 is 5.11 Å². The molecule has 1 N–H and O–H groups in total. The van der Waals surface area contributed by atoms with E-state index in [4.69, 9.17) is 9.90 Å². The second kappa shape index (κ2) is 7.72. The zero-order chi connectivity index (χ0) is 25.6. The molecule has 0 saturated heterocycles. The van der Waals surface area contributed by atoms with Gasteiger partial charge in [-0.2, -0.15) is 79.0 Å². The second-order valence-corrected chi connectivity index (χ2v) is 4.96. The van der Waals surface area contributed by atoms with Crippen LogP contribution in [-0.2, 0) is 4.79 Å². The van der Waals surface area contributed by atoms with Crippen LogP contribution in [0, 0.1) is 0 Å². The third-order valence-corrected chi connectivity index (χ3v) is 2.68. The first kappa shape index (κ1) is 30.4. The van der Waals surface area contributed by atoms with E-state index in [9.17, 15) is 79.0 Å². The molecule has 0 aromatic carbocycles. The summed E-state index contributed by atoms with van der Waals surface area (Å²) in [6.07, 6.45) is -15.6. The van der Waals surface area contributed by atoms with Crippen LogP contribution in [0.4, 0.5) is 79.0 Å². The summed E-state index contributed by atoms with van der Waals surface area (Å²) < 4.78 is 221. The highest BCUT2D eigenvalue weighted by Crippen LogP contribution is 2.63. The van der Waals surface area contributed by atoms with E-state index >= 15 is 0 Å². The Bertz CT molecular complexity index is 559. The molecule has 0 heterocycles.